The molecule has 2 rings (SSSR count). The van der Waals surface area contributed by atoms with Gasteiger partial charge in [-0.15, -0.1) is 0 Å². The molecule has 0 aliphatic carbocycles. The fourth-order valence-electron chi connectivity index (χ4n) is 2.60. The number of nitrogens with zero attached hydrogens (tertiary/aromatic N) is 1. The predicted molar refractivity (Wildman–Crippen MR) is 81.9 cm³/mol. The van der Waals surface area contributed by atoms with Crippen molar-refractivity contribution in [3.63, 3.8) is 0 Å². The van der Waals surface area contributed by atoms with E-state index >= 15 is 0 Å². The lowest BCUT2D eigenvalue weighted by Gasteiger charge is -2.26. The second-order valence-corrected chi connectivity index (χ2v) is 5.60. The average molecular weight is 278 g/mol. The summed E-state index contributed by atoms with van der Waals surface area (Å²) in [6.07, 6.45) is 6.03. The average Bonchev–Trinajstić information content (AvgIpc) is 2.41. The smallest absolute Gasteiger partial charge is 0.119 e. The molecule has 4 nitrogen and oxygen atoms in total. The Morgan fingerprint density at radius 3 is 2.30 bits per heavy atom. The Morgan fingerprint density at radius 2 is 1.65 bits per heavy atom. The summed E-state index contributed by atoms with van der Waals surface area (Å²) in [4.78, 5) is 2.36. The molecule has 0 amide bonds. The zero-order valence-electron chi connectivity index (χ0n) is 12.1. The lowest BCUT2D eigenvalue weighted by molar-refractivity contribution is 0.0654. The second kappa shape index (κ2) is 8.12. The molecule has 1 saturated heterocycles. The Hall–Kier alpha value is -1.26. The van der Waals surface area contributed by atoms with Gasteiger partial charge in [0.15, 0.2) is 0 Å². The fraction of sp³-hybridized carbons (Fsp3) is 0.625. The highest BCUT2D eigenvalue weighted by atomic mass is 16.5. The minimum absolute atomic E-state index is 0.334. The molecular weight excluding hydrogens is 252 g/mol. The molecule has 3 N–H and O–H groups in total. The third-order valence-corrected chi connectivity index (χ3v) is 3.74. The van der Waals surface area contributed by atoms with E-state index in [0.29, 0.717) is 13.2 Å². The van der Waals surface area contributed by atoms with E-state index in [0.717, 1.165) is 24.5 Å². The van der Waals surface area contributed by atoms with Crippen LogP contribution in [0, 0.1) is 0 Å². The van der Waals surface area contributed by atoms with Gasteiger partial charge in [0, 0.05) is 12.2 Å². The maximum absolute atomic E-state index is 10.1. The van der Waals surface area contributed by atoms with Crippen LogP contribution in [0.4, 0.5) is 5.69 Å². The molecule has 1 aliphatic rings. The first-order valence-electron chi connectivity index (χ1n) is 7.63. The van der Waals surface area contributed by atoms with Crippen LogP contribution in [-0.4, -0.2) is 42.4 Å². The first-order valence-corrected chi connectivity index (χ1v) is 7.63. The molecule has 1 aliphatic heterocycles. The van der Waals surface area contributed by atoms with E-state index in [1.54, 1.807) is 12.1 Å². The molecule has 0 aromatic heterocycles. The first-order chi connectivity index (χ1) is 9.74. The maximum atomic E-state index is 10.1. The lowest BCUT2D eigenvalue weighted by atomic mass is 10.1. The quantitative estimate of drug-likeness (QED) is 0.811. The van der Waals surface area contributed by atoms with Crippen LogP contribution in [0.2, 0.25) is 0 Å². The van der Waals surface area contributed by atoms with Crippen molar-refractivity contribution in [3.05, 3.63) is 24.3 Å². The van der Waals surface area contributed by atoms with Gasteiger partial charge in [0.2, 0.25) is 0 Å². The number of nitrogen functional groups attached to an aromatic ring is 1. The highest BCUT2D eigenvalue weighted by molar-refractivity contribution is 5.41. The van der Waals surface area contributed by atoms with Crippen LogP contribution in [0.5, 0.6) is 5.75 Å². The zero-order chi connectivity index (χ0) is 14.2. The Balaban J connectivity index is 1.71. The van der Waals surface area contributed by atoms with E-state index in [-0.39, 0.29) is 0 Å². The van der Waals surface area contributed by atoms with E-state index in [4.69, 9.17) is 10.5 Å². The number of aliphatic hydroxyl groups excluding tert-OH is 1. The minimum Gasteiger partial charge on any atom is -0.491 e. The van der Waals surface area contributed by atoms with Crippen molar-refractivity contribution in [1.82, 2.24) is 4.90 Å². The summed E-state index contributed by atoms with van der Waals surface area (Å²) in [5, 5.41) is 10.1. The van der Waals surface area contributed by atoms with Crippen LogP contribution >= 0.6 is 0 Å². The van der Waals surface area contributed by atoms with E-state index < -0.39 is 6.10 Å². The number of anilines is 1. The molecule has 1 heterocycles. The van der Waals surface area contributed by atoms with Crippen LogP contribution in [0.15, 0.2) is 24.3 Å². The molecule has 20 heavy (non-hydrogen) atoms. The normalized spacial score (nSPS) is 19.1. The number of likely N-dealkylation sites (tertiary alicyclic amines) is 1. The van der Waals surface area contributed by atoms with Crippen molar-refractivity contribution in [2.45, 2.75) is 38.2 Å². The van der Waals surface area contributed by atoms with Crippen molar-refractivity contribution in [2.24, 2.45) is 0 Å². The largest absolute Gasteiger partial charge is 0.491 e. The predicted octanol–water partition coefficient (Wildman–Crippen LogP) is 2.27. The molecule has 0 bridgehead atoms. The van der Waals surface area contributed by atoms with Gasteiger partial charge in [-0.2, -0.15) is 0 Å². The second-order valence-electron chi connectivity index (χ2n) is 5.60. The van der Waals surface area contributed by atoms with Crippen molar-refractivity contribution >= 4 is 5.69 Å². The zero-order valence-corrected chi connectivity index (χ0v) is 12.1. The Morgan fingerprint density at radius 1 is 1.05 bits per heavy atom. The van der Waals surface area contributed by atoms with Gasteiger partial charge >= 0.3 is 0 Å². The molecule has 1 fully saturated rings. The topological polar surface area (TPSA) is 58.7 Å². The van der Waals surface area contributed by atoms with Gasteiger partial charge < -0.3 is 20.5 Å². The number of aliphatic hydroxyl groups is 1. The molecule has 1 aromatic carbocycles. The van der Waals surface area contributed by atoms with Crippen LogP contribution < -0.4 is 10.5 Å². The van der Waals surface area contributed by atoms with Gasteiger partial charge in [0.1, 0.15) is 18.5 Å². The van der Waals surface area contributed by atoms with Gasteiger partial charge in [0.25, 0.3) is 0 Å². The van der Waals surface area contributed by atoms with Gasteiger partial charge in [-0.25, -0.2) is 0 Å². The van der Waals surface area contributed by atoms with Crippen LogP contribution in [0.25, 0.3) is 0 Å². The van der Waals surface area contributed by atoms with Crippen LogP contribution in [0.1, 0.15) is 32.1 Å². The third-order valence-electron chi connectivity index (χ3n) is 3.74. The van der Waals surface area contributed by atoms with Crippen LogP contribution in [-0.2, 0) is 0 Å². The number of rotatable bonds is 5. The Kier molecular flexibility index (Phi) is 6.15. The standard InChI is InChI=1S/C16H26N2O2/c17-14-6-8-16(9-7-14)20-13-15(19)12-18-10-4-2-1-3-5-11-18/h6-9,15,19H,1-5,10-13,17H2. The lowest BCUT2D eigenvalue weighted by Crippen LogP contribution is -2.37. The summed E-state index contributed by atoms with van der Waals surface area (Å²) in [5.41, 5.74) is 6.34. The van der Waals surface area contributed by atoms with E-state index in [9.17, 15) is 5.11 Å². The Bertz CT molecular complexity index is 373. The number of hydrogen-bond acceptors (Lipinski definition) is 4. The summed E-state index contributed by atoms with van der Waals surface area (Å²) >= 11 is 0. The molecule has 4 heteroatoms. The van der Waals surface area contributed by atoms with Crippen molar-refractivity contribution in [2.75, 3.05) is 32.0 Å². The molecule has 1 atom stereocenters. The summed E-state index contributed by atoms with van der Waals surface area (Å²) in [5.74, 6) is 0.755. The van der Waals surface area contributed by atoms with Crippen LogP contribution in [0.3, 0.4) is 0 Å². The van der Waals surface area contributed by atoms with E-state index in [2.05, 4.69) is 4.90 Å². The first kappa shape index (κ1) is 15.1. The van der Waals surface area contributed by atoms with Gasteiger partial charge in [-0.05, 0) is 50.2 Å². The number of nitrogens with two attached hydrogens (primary N) is 1. The summed E-state index contributed by atoms with van der Waals surface area (Å²) in [7, 11) is 0. The molecule has 1 unspecified atom stereocenters. The fourth-order valence-corrected chi connectivity index (χ4v) is 2.60. The molecule has 1 aromatic rings. The summed E-state index contributed by atoms with van der Waals surface area (Å²) in [6.45, 7) is 3.23. The maximum Gasteiger partial charge on any atom is 0.119 e. The Labute approximate surface area is 121 Å². The molecular formula is C16H26N2O2. The monoisotopic (exact) mass is 278 g/mol. The SMILES string of the molecule is Nc1ccc(OCC(O)CN2CCCCCCC2)cc1. The highest BCUT2D eigenvalue weighted by Gasteiger charge is 2.13. The minimum atomic E-state index is -0.438. The number of ether oxygens (including phenoxy) is 1. The van der Waals surface area contributed by atoms with Gasteiger partial charge in [-0.1, -0.05) is 19.3 Å². The third kappa shape index (κ3) is 5.39. The molecule has 0 spiro atoms. The van der Waals surface area contributed by atoms with Gasteiger partial charge in [0.05, 0.1) is 0 Å². The highest BCUT2D eigenvalue weighted by Crippen LogP contribution is 2.14. The molecule has 0 saturated carbocycles. The van der Waals surface area contributed by atoms with Gasteiger partial charge in [-0.3, -0.25) is 0 Å². The summed E-state index contributed by atoms with van der Waals surface area (Å²) in [6, 6.07) is 7.27. The number of benzene rings is 1. The number of β-amino-alcohol motifs (C(OH)–C–C–N with tert-alkyl or cyclic N) is 1. The van der Waals surface area contributed by atoms with E-state index in [1.165, 1.54) is 32.1 Å². The number of hydrogen-bond donors (Lipinski definition) is 2. The van der Waals surface area contributed by atoms with Crippen molar-refractivity contribution < 1.29 is 9.84 Å². The summed E-state index contributed by atoms with van der Waals surface area (Å²) < 4.78 is 5.59. The molecule has 112 valence electrons. The van der Waals surface area contributed by atoms with Crippen molar-refractivity contribution in [3.8, 4) is 5.75 Å². The van der Waals surface area contributed by atoms with E-state index in [1.807, 2.05) is 12.1 Å². The van der Waals surface area contributed by atoms with Crippen molar-refractivity contribution in [1.29, 1.82) is 0 Å². The molecule has 0 radical (unpaired) electrons.